The van der Waals surface area contributed by atoms with E-state index in [0.29, 0.717) is 11.1 Å². The maximum Gasteiger partial charge on any atom is 0.265 e. The molecule has 1 aliphatic rings. The molecule has 0 saturated carbocycles. The van der Waals surface area contributed by atoms with Crippen molar-refractivity contribution in [1.29, 1.82) is 0 Å². The molecular formula is C19H15N3O4S. The van der Waals surface area contributed by atoms with Crippen LogP contribution in [0.5, 0.6) is 0 Å². The molecule has 1 N–H and O–H groups in total. The van der Waals surface area contributed by atoms with Crippen LogP contribution in [0.25, 0.3) is 17.5 Å². The van der Waals surface area contributed by atoms with Gasteiger partial charge in [-0.1, -0.05) is 24.3 Å². The second kappa shape index (κ2) is 6.81. The fraction of sp³-hybridized carbons (Fsp3) is 0.105. The highest BCUT2D eigenvalue weighted by molar-refractivity contribution is 7.90. The Morgan fingerprint density at radius 2 is 2.04 bits per heavy atom. The van der Waals surface area contributed by atoms with Gasteiger partial charge >= 0.3 is 0 Å². The molecule has 0 atom stereocenters. The number of carbonyl (C=O) groups is 1. The first-order chi connectivity index (χ1) is 13.0. The van der Waals surface area contributed by atoms with Crippen LogP contribution in [-0.2, 0) is 16.4 Å². The summed E-state index contributed by atoms with van der Waals surface area (Å²) in [7, 11) is -4.05. The van der Waals surface area contributed by atoms with Crippen molar-refractivity contribution in [3.05, 3.63) is 71.6 Å². The Bertz CT molecular complexity index is 1140. The number of carbonyl (C=O) groups excluding carboxylic acids is 1. The quantitative estimate of drug-likeness (QED) is 0.746. The zero-order chi connectivity index (χ0) is 18.9. The van der Waals surface area contributed by atoms with Gasteiger partial charge in [-0.25, -0.2) is 13.1 Å². The minimum atomic E-state index is -4.05. The van der Waals surface area contributed by atoms with Crippen LogP contribution >= 0.6 is 0 Å². The van der Waals surface area contributed by atoms with E-state index in [4.69, 9.17) is 4.42 Å². The molecule has 2 aromatic carbocycles. The van der Waals surface area contributed by atoms with Gasteiger partial charge in [0.05, 0.1) is 4.90 Å². The average molecular weight is 381 g/mol. The number of amides is 1. The first kappa shape index (κ1) is 17.2. The summed E-state index contributed by atoms with van der Waals surface area (Å²) >= 11 is 0. The lowest BCUT2D eigenvalue weighted by molar-refractivity contribution is 0.0981. The fourth-order valence-corrected chi connectivity index (χ4v) is 3.93. The lowest BCUT2D eigenvalue weighted by atomic mass is 9.95. The van der Waals surface area contributed by atoms with Gasteiger partial charge in [0.2, 0.25) is 12.3 Å². The molecule has 1 amide bonds. The normalized spacial score (nSPS) is 13.2. The third kappa shape index (κ3) is 3.52. The van der Waals surface area contributed by atoms with Crippen molar-refractivity contribution in [3.8, 4) is 11.5 Å². The summed E-state index contributed by atoms with van der Waals surface area (Å²) in [5.41, 5.74) is 2.83. The summed E-state index contributed by atoms with van der Waals surface area (Å²) in [6.45, 7) is 0. The molecular weight excluding hydrogens is 366 g/mol. The molecule has 136 valence electrons. The van der Waals surface area contributed by atoms with Crippen LogP contribution in [0.2, 0.25) is 0 Å². The third-order valence-corrected chi connectivity index (χ3v) is 5.59. The minimum absolute atomic E-state index is 0.0626. The number of aromatic nitrogens is 2. The van der Waals surface area contributed by atoms with Gasteiger partial charge in [0, 0.05) is 11.1 Å². The lowest BCUT2D eigenvalue weighted by Crippen LogP contribution is -2.30. The molecule has 1 heterocycles. The van der Waals surface area contributed by atoms with E-state index in [2.05, 4.69) is 21.0 Å². The standard InChI is InChI=1S/C19H15N3O4S/c23-18(15-9-8-13-4-1-2-5-14(13)10-15)22-27(24,25)17-7-3-6-16(11-17)19-21-20-12-26-19/h1,3-4,6-12H,2,5H2,(H,22,23). The number of fused-ring (bicyclic) bond motifs is 1. The van der Waals surface area contributed by atoms with Crippen LogP contribution in [0, 0.1) is 0 Å². The van der Waals surface area contributed by atoms with Crippen LogP contribution < -0.4 is 4.72 Å². The van der Waals surface area contributed by atoms with Crippen LogP contribution in [0.3, 0.4) is 0 Å². The third-order valence-electron chi connectivity index (χ3n) is 4.26. The van der Waals surface area contributed by atoms with E-state index in [1.54, 1.807) is 24.3 Å². The van der Waals surface area contributed by atoms with E-state index < -0.39 is 15.9 Å². The highest BCUT2D eigenvalue weighted by Gasteiger charge is 2.20. The maximum atomic E-state index is 12.6. The Balaban J connectivity index is 1.59. The molecule has 0 spiro atoms. The molecule has 27 heavy (non-hydrogen) atoms. The molecule has 0 saturated heterocycles. The van der Waals surface area contributed by atoms with Crippen LogP contribution in [0.15, 0.2) is 64.2 Å². The number of hydrogen-bond acceptors (Lipinski definition) is 6. The van der Waals surface area contributed by atoms with Crippen LogP contribution in [-0.4, -0.2) is 24.5 Å². The summed E-state index contributed by atoms with van der Waals surface area (Å²) < 4.78 is 32.4. The average Bonchev–Trinajstić information content (AvgIpc) is 3.22. The van der Waals surface area contributed by atoms with Gasteiger partial charge in [0.1, 0.15) is 0 Å². The van der Waals surface area contributed by atoms with Gasteiger partial charge in [-0.15, -0.1) is 10.2 Å². The topological polar surface area (TPSA) is 102 Å². The fourth-order valence-electron chi connectivity index (χ4n) is 2.91. The predicted octanol–water partition coefficient (Wildman–Crippen LogP) is 2.81. The van der Waals surface area contributed by atoms with Gasteiger partial charge in [-0.2, -0.15) is 0 Å². The Labute approximate surface area is 155 Å². The van der Waals surface area contributed by atoms with Crippen LogP contribution in [0.4, 0.5) is 0 Å². The number of nitrogens with zero attached hydrogens (tertiary/aromatic N) is 2. The van der Waals surface area contributed by atoms with Gasteiger partial charge in [0.15, 0.2) is 0 Å². The van der Waals surface area contributed by atoms with Gasteiger partial charge < -0.3 is 4.42 Å². The van der Waals surface area contributed by atoms with Crippen molar-refractivity contribution in [2.45, 2.75) is 17.7 Å². The van der Waals surface area contributed by atoms with E-state index in [9.17, 15) is 13.2 Å². The summed E-state index contributed by atoms with van der Waals surface area (Å²) in [4.78, 5) is 12.4. The lowest BCUT2D eigenvalue weighted by Gasteiger charge is -2.12. The number of nitrogens with one attached hydrogen (secondary N) is 1. The molecule has 1 aromatic heterocycles. The first-order valence-corrected chi connectivity index (χ1v) is 9.74. The molecule has 0 unspecified atom stereocenters. The first-order valence-electron chi connectivity index (χ1n) is 8.26. The Morgan fingerprint density at radius 3 is 2.85 bits per heavy atom. The van der Waals surface area contributed by atoms with E-state index in [1.807, 2.05) is 12.1 Å². The number of aryl methyl sites for hydroxylation is 1. The second-order valence-electron chi connectivity index (χ2n) is 6.06. The Hall–Kier alpha value is -3.26. The largest absolute Gasteiger partial charge is 0.423 e. The molecule has 1 aliphatic carbocycles. The molecule has 0 bridgehead atoms. The molecule has 0 fully saturated rings. The Kier molecular flexibility index (Phi) is 4.33. The van der Waals surface area contributed by atoms with E-state index in [0.717, 1.165) is 30.4 Å². The summed E-state index contributed by atoms with van der Waals surface area (Å²) in [6.07, 6.45) is 6.96. The van der Waals surface area contributed by atoms with Crippen LogP contribution in [0.1, 0.15) is 27.9 Å². The molecule has 0 aliphatic heterocycles. The Morgan fingerprint density at radius 1 is 1.15 bits per heavy atom. The van der Waals surface area contributed by atoms with Crippen molar-refractivity contribution in [3.63, 3.8) is 0 Å². The van der Waals surface area contributed by atoms with Crippen molar-refractivity contribution in [2.24, 2.45) is 0 Å². The monoisotopic (exact) mass is 381 g/mol. The number of hydrogen-bond donors (Lipinski definition) is 1. The smallest absolute Gasteiger partial charge is 0.265 e. The predicted molar refractivity (Wildman–Crippen MR) is 98.2 cm³/mol. The molecule has 0 radical (unpaired) electrons. The molecule has 8 heteroatoms. The van der Waals surface area contributed by atoms with Crippen molar-refractivity contribution in [2.75, 3.05) is 0 Å². The minimum Gasteiger partial charge on any atom is -0.423 e. The number of rotatable bonds is 4. The number of allylic oxidation sites excluding steroid dienone is 1. The van der Waals surface area contributed by atoms with Crippen molar-refractivity contribution < 1.29 is 17.6 Å². The number of sulfonamides is 1. The molecule has 4 rings (SSSR count). The highest BCUT2D eigenvalue weighted by atomic mass is 32.2. The van der Waals surface area contributed by atoms with Crippen molar-refractivity contribution >= 4 is 22.0 Å². The van der Waals surface area contributed by atoms with E-state index in [-0.39, 0.29) is 10.8 Å². The van der Waals surface area contributed by atoms with E-state index >= 15 is 0 Å². The SMILES string of the molecule is O=C(NS(=O)(=O)c1cccc(-c2nnco2)c1)c1ccc2c(c1)CCC=C2. The van der Waals surface area contributed by atoms with Gasteiger partial charge in [-0.05, 0) is 54.3 Å². The van der Waals surface area contributed by atoms with Gasteiger partial charge in [-0.3, -0.25) is 4.79 Å². The summed E-state index contributed by atoms with van der Waals surface area (Å²) in [5, 5.41) is 7.33. The van der Waals surface area contributed by atoms with Crippen molar-refractivity contribution in [1.82, 2.24) is 14.9 Å². The van der Waals surface area contributed by atoms with Gasteiger partial charge in [0.25, 0.3) is 15.9 Å². The molecule has 7 nitrogen and oxygen atoms in total. The number of benzene rings is 2. The zero-order valence-electron chi connectivity index (χ0n) is 14.1. The maximum absolute atomic E-state index is 12.6. The second-order valence-corrected chi connectivity index (χ2v) is 7.74. The van der Waals surface area contributed by atoms with E-state index in [1.165, 1.54) is 12.1 Å². The summed E-state index contributed by atoms with van der Waals surface area (Å²) in [5.74, 6) is -0.475. The molecule has 3 aromatic rings. The highest BCUT2D eigenvalue weighted by Crippen LogP contribution is 2.22. The zero-order valence-corrected chi connectivity index (χ0v) is 14.9. The summed E-state index contributed by atoms with van der Waals surface area (Å²) in [6, 6.07) is 11.1.